The van der Waals surface area contributed by atoms with E-state index in [2.05, 4.69) is 26.5 Å². The topological polar surface area (TPSA) is 26.3 Å². The lowest BCUT2D eigenvalue weighted by Crippen LogP contribution is -2.06. The Morgan fingerprint density at radius 2 is 1.89 bits per heavy atom. The summed E-state index contributed by atoms with van der Waals surface area (Å²) in [6.07, 6.45) is 5.51. The molecule has 0 amide bonds. The highest BCUT2D eigenvalue weighted by Crippen LogP contribution is 2.21. The molecule has 0 aliphatic heterocycles. The first-order valence-corrected chi connectivity index (χ1v) is 6.59. The number of allylic oxidation sites excluding steroid dienone is 2. The Labute approximate surface area is 115 Å². The monoisotopic (exact) mass is 258 g/mol. The molecule has 0 unspecified atom stereocenters. The Balaban J connectivity index is 3.15. The molecule has 1 aromatic rings. The van der Waals surface area contributed by atoms with Gasteiger partial charge >= 0.3 is 0 Å². The van der Waals surface area contributed by atoms with Crippen molar-refractivity contribution in [2.45, 2.75) is 33.8 Å². The fraction of sp³-hybridized carbons (Fsp3) is 0.353. The molecule has 0 N–H and O–H groups in total. The van der Waals surface area contributed by atoms with E-state index >= 15 is 0 Å². The standard InChI is InChI=1S/C17H22O2/c1-6-17(18)15-9-14(8-7-12(2)3)10-16(11-15)19-13(4)5/h6-13H,1H2,2-5H3/b8-7-. The average molecular weight is 258 g/mol. The number of ether oxygens (including phenoxy) is 1. The Hall–Kier alpha value is -1.83. The van der Waals surface area contributed by atoms with Gasteiger partial charge in [0.1, 0.15) is 5.75 Å². The summed E-state index contributed by atoms with van der Waals surface area (Å²) in [7, 11) is 0. The minimum absolute atomic E-state index is 0.0796. The molecule has 0 bridgehead atoms. The van der Waals surface area contributed by atoms with Crippen molar-refractivity contribution in [3.8, 4) is 5.75 Å². The Morgan fingerprint density at radius 3 is 2.42 bits per heavy atom. The maximum atomic E-state index is 11.7. The molecule has 0 aliphatic carbocycles. The number of carbonyl (C=O) groups excluding carboxylic acids is 1. The number of benzene rings is 1. The number of rotatable bonds is 6. The van der Waals surface area contributed by atoms with Gasteiger partial charge in [-0.1, -0.05) is 32.6 Å². The SMILES string of the molecule is C=CC(=O)c1cc(/C=C\C(C)C)cc(OC(C)C)c1. The van der Waals surface area contributed by atoms with Crippen LogP contribution in [0.15, 0.2) is 36.9 Å². The van der Waals surface area contributed by atoms with E-state index in [9.17, 15) is 4.79 Å². The summed E-state index contributed by atoms with van der Waals surface area (Å²) in [5.74, 6) is 1.09. The Morgan fingerprint density at radius 1 is 1.21 bits per heavy atom. The van der Waals surface area contributed by atoms with Crippen LogP contribution in [0.2, 0.25) is 0 Å². The first-order valence-electron chi connectivity index (χ1n) is 6.59. The maximum Gasteiger partial charge on any atom is 0.185 e. The number of hydrogen-bond donors (Lipinski definition) is 0. The number of ketones is 1. The van der Waals surface area contributed by atoms with E-state index < -0.39 is 0 Å². The highest BCUT2D eigenvalue weighted by molar-refractivity contribution is 6.04. The summed E-state index contributed by atoms with van der Waals surface area (Å²) in [6, 6.07) is 5.56. The van der Waals surface area contributed by atoms with Gasteiger partial charge in [-0.2, -0.15) is 0 Å². The predicted molar refractivity (Wildman–Crippen MR) is 80.6 cm³/mol. The van der Waals surface area contributed by atoms with Gasteiger partial charge in [-0.05, 0) is 49.6 Å². The molecule has 1 rings (SSSR count). The summed E-state index contributed by atoms with van der Waals surface area (Å²) in [5.41, 5.74) is 1.58. The van der Waals surface area contributed by atoms with Gasteiger partial charge in [0, 0.05) is 5.56 Å². The Bertz CT molecular complexity index is 482. The zero-order valence-electron chi connectivity index (χ0n) is 12.1. The lowest BCUT2D eigenvalue weighted by molar-refractivity contribution is 0.104. The predicted octanol–water partition coefficient (Wildman–Crippen LogP) is 4.51. The summed E-state index contributed by atoms with van der Waals surface area (Å²) in [6.45, 7) is 11.7. The van der Waals surface area contributed by atoms with Gasteiger partial charge < -0.3 is 4.74 Å². The van der Waals surface area contributed by atoms with Crippen LogP contribution in [0.25, 0.3) is 6.08 Å². The summed E-state index contributed by atoms with van der Waals surface area (Å²) in [5, 5.41) is 0. The van der Waals surface area contributed by atoms with E-state index in [4.69, 9.17) is 4.74 Å². The molecule has 0 aromatic heterocycles. The van der Waals surface area contributed by atoms with Crippen molar-refractivity contribution >= 4 is 11.9 Å². The summed E-state index contributed by atoms with van der Waals surface area (Å²) < 4.78 is 5.68. The van der Waals surface area contributed by atoms with E-state index in [1.54, 1.807) is 6.07 Å². The van der Waals surface area contributed by atoms with Gasteiger partial charge in [0.25, 0.3) is 0 Å². The normalized spacial score (nSPS) is 11.3. The highest BCUT2D eigenvalue weighted by Gasteiger charge is 2.07. The lowest BCUT2D eigenvalue weighted by atomic mass is 10.0. The maximum absolute atomic E-state index is 11.7. The van der Waals surface area contributed by atoms with E-state index in [1.165, 1.54) is 6.08 Å². The van der Waals surface area contributed by atoms with Gasteiger partial charge in [0.2, 0.25) is 0 Å². The van der Waals surface area contributed by atoms with Crippen LogP contribution in [-0.4, -0.2) is 11.9 Å². The molecular weight excluding hydrogens is 236 g/mol. The lowest BCUT2D eigenvalue weighted by Gasteiger charge is -2.11. The van der Waals surface area contributed by atoms with Crippen molar-refractivity contribution in [2.75, 3.05) is 0 Å². The van der Waals surface area contributed by atoms with Crippen molar-refractivity contribution in [3.05, 3.63) is 48.1 Å². The second-order valence-electron chi connectivity index (χ2n) is 5.13. The van der Waals surface area contributed by atoms with Crippen LogP contribution >= 0.6 is 0 Å². The van der Waals surface area contributed by atoms with Crippen LogP contribution in [0, 0.1) is 5.92 Å². The van der Waals surface area contributed by atoms with Crippen molar-refractivity contribution in [3.63, 3.8) is 0 Å². The molecular formula is C17H22O2. The highest BCUT2D eigenvalue weighted by atomic mass is 16.5. The van der Waals surface area contributed by atoms with Crippen molar-refractivity contribution < 1.29 is 9.53 Å². The van der Waals surface area contributed by atoms with Gasteiger partial charge in [-0.3, -0.25) is 4.79 Å². The van der Waals surface area contributed by atoms with Crippen LogP contribution in [0.4, 0.5) is 0 Å². The molecule has 0 saturated carbocycles. The van der Waals surface area contributed by atoms with Gasteiger partial charge in [-0.15, -0.1) is 0 Å². The molecule has 0 fully saturated rings. The second-order valence-corrected chi connectivity index (χ2v) is 5.13. The second kappa shape index (κ2) is 6.93. The quantitative estimate of drug-likeness (QED) is 0.554. The minimum Gasteiger partial charge on any atom is -0.491 e. The third-order valence-electron chi connectivity index (χ3n) is 2.44. The van der Waals surface area contributed by atoms with Gasteiger partial charge in [0.15, 0.2) is 5.78 Å². The van der Waals surface area contributed by atoms with Crippen LogP contribution in [0.1, 0.15) is 43.6 Å². The third-order valence-corrected chi connectivity index (χ3v) is 2.44. The zero-order chi connectivity index (χ0) is 14.4. The molecule has 0 radical (unpaired) electrons. The molecule has 2 heteroatoms. The van der Waals surface area contributed by atoms with Crippen LogP contribution in [-0.2, 0) is 0 Å². The van der Waals surface area contributed by atoms with Crippen LogP contribution in [0.5, 0.6) is 5.75 Å². The van der Waals surface area contributed by atoms with Gasteiger partial charge in [-0.25, -0.2) is 0 Å². The fourth-order valence-corrected chi connectivity index (χ4v) is 1.62. The van der Waals surface area contributed by atoms with E-state index in [1.807, 2.05) is 32.1 Å². The molecule has 2 nitrogen and oxygen atoms in total. The van der Waals surface area contributed by atoms with E-state index in [-0.39, 0.29) is 11.9 Å². The number of carbonyl (C=O) groups is 1. The average Bonchev–Trinajstić information content (AvgIpc) is 2.34. The first-order chi connectivity index (χ1) is 8.92. The van der Waals surface area contributed by atoms with Crippen molar-refractivity contribution in [1.29, 1.82) is 0 Å². The molecule has 19 heavy (non-hydrogen) atoms. The molecule has 102 valence electrons. The summed E-state index contributed by atoms with van der Waals surface area (Å²) >= 11 is 0. The molecule has 1 aromatic carbocycles. The largest absolute Gasteiger partial charge is 0.491 e. The zero-order valence-corrected chi connectivity index (χ0v) is 12.1. The molecule has 0 spiro atoms. The number of hydrogen-bond acceptors (Lipinski definition) is 2. The van der Waals surface area contributed by atoms with Gasteiger partial charge in [0.05, 0.1) is 6.10 Å². The van der Waals surface area contributed by atoms with Crippen molar-refractivity contribution in [1.82, 2.24) is 0 Å². The smallest absolute Gasteiger partial charge is 0.185 e. The van der Waals surface area contributed by atoms with E-state index in [0.717, 1.165) is 5.56 Å². The van der Waals surface area contributed by atoms with Crippen LogP contribution < -0.4 is 4.74 Å². The van der Waals surface area contributed by atoms with Crippen LogP contribution in [0.3, 0.4) is 0 Å². The van der Waals surface area contributed by atoms with Crippen molar-refractivity contribution in [2.24, 2.45) is 5.92 Å². The summed E-state index contributed by atoms with van der Waals surface area (Å²) in [4.78, 5) is 11.7. The Kier molecular flexibility index (Phi) is 5.56. The van der Waals surface area contributed by atoms with E-state index in [0.29, 0.717) is 17.2 Å². The fourth-order valence-electron chi connectivity index (χ4n) is 1.62. The third kappa shape index (κ3) is 5.12. The molecule has 0 saturated heterocycles. The first kappa shape index (κ1) is 15.2. The molecule has 0 atom stereocenters. The molecule has 0 heterocycles. The molecule has 0 aliphatic rings. The minimum atomic E-state index is -0.0894.